The first-order valence-corrected chi connectivity index (χ1v) is 9.62. The van der Waals surface area contributed by atoms with Gasteiger partial charge in [0.05, 0.1) is 6.54 Å². The van der Waals surface area contributed by atoms with Crippen LogP contribution in [-0.4, -0.2) is 42.3 Å². The summed E-state index contributed by atoms with van der Waals surface area (Å²) in [6, 6.07) is 13.2. The molecule has 0 unspecified atom stereocenters. The summed E-state index contributed by atoms with van der Waals surface area (Å²) < 4.78 is 27.6. The summed E-state index contributed by atoms with van der Waals surface area (Å²) >= 11 is 0. The quantitative estimate of drug-likeness (QED) is 0.620. The van der Waals surface area contributed by atoms with Gasteiger partial charge in [0.2, 0.25) is 12.7 Å². The number of hydrogen-bond donors (Lipinski definition) is 0. The van der Waals surface area contributed by atoms with E-state index in [1.165, 1.54) is 6.26 Å². The van der Waals surface area contributed by atoms with Gasteiger partial charge in [0.25, 0.3) is 5.91 Å². The number of hydrogen-bond acceptors (Lipinski definition) is 7. The number of ether oxygens (including phenoxy) is 4. The highest BCUT2D eigenvalue weighted by atomic mass is 16.7. The van der Waals surface area contributed by atoms with Crippen LogP contribution in [0.1, 0.15) is 21.9 Å². The molecule has 3 aromatic rings. The van der Waals surface area contributed by atoms with Crippen molar-refractivity contribution in [2.24, 2.45) is 0 Å². The van der Waals surface area contributed by atoms with Crippen LogP contribution >= 0.6 is 0 Å². The van der Waals surface area contributed by atoms with E-state index in [9.17, 15) is 4.79 Å². The van der Waals surface area contributed by atoms with Crippen molar-refractivity contribution < 1.29 is 28.2 Å². The molecule has 1 atom stereocenters. The Morgan fingerprint density at radius 3 is 2.93 bits per heavy atom. The van der Waals surface area contributed by atoms with Gasteiger partial charge in [-0.1, -0.05) is 18.2 Å². The minimum atomic E-state index is -0.229. The van der Waals surface area contributed by atoms with Gasteiger partial charge in [-0.05, 0) is 23.8 Å². The second-order valence-corrected chi connectivity index (χ2v) is 7.17. The van der Waals surface area contributed by atoms with Crippen LogP contribution in [0.25, 0.3) is 0 Å². The maximum atomic E-state index is 12.7. The Labute approximate surface area is 172 Å². The van der Waals surface area contributed by atoms with Crippen molar-refractivity contribution in [1.82, 2.24) is 9.88 Å². The lowest BCUT2D eigenvalue weighted by atomic mass is 10.1. The van der Waals surface area contributed by atoms with Crippen LogP contribution in [0.4, 0.5) is 0 Å². The van der Waals surface area contributed by atoms with Crippen LogP contribution in [0, 0.1) is 0 Å². The zero-order valence-corrected chi connectivity index (χ0v) is 16.4. The lowest BCUT2D eigenvalue weighted by Crippen LogP contribution is -2.36. The Balaban J connectivity index is 1.16. The number of likely N-dealkylation sites (N-methyl/N-ethyl adjacent to an activating group) is 1. The smallest absolute Gasteiger partial charge is 0.275 e. The van der Waals surface area contributed by atoms with E-state index in [-0.39, 0.29) is 31.1 Å². The van der Waals surface area contributed by atoms with Crippen molar-refractivity contribution in [2.45, 2.75) is 19.1 Å². The molecule has 0 saturated heterocycles. The molecule has 8 heteroatoms. The molecule has 0 saturated carbocycles. The van der Waals surface area contributed by atoms with Crippen molar-refractivity contribution in [3.05, 3.63) is 65.9 Å². The van der Waals surface area contributed by atoms with Crippen molar-refractivity contribution >= 4 is 5.91 Å². The third kappa shape index (κ3) is 3.63. The summed E-state index contributed by atoms with van der Waals surface area (Å²) in [6.07, 6.45) is 2.06. The zero-order valence-electron chi connectivity index (χ0n) is 16.4. The summed E-state index contributed by atoms with van der Waals surface area (Å²) in [4.78, 5) is 18.5. The second kappa shape index (κ2) is 7.62. The van der Waals surface area contributed by atoms with E-state index in [0.717, 1.165) is 17.7 Å². The molecule has 0 N–H and O–H groups in total. The molecular formula is C22H20N2O6. The fourth-order valence-electron chi connectivity index (χ4n) is 3.53. The van der Waals surface area contributed by atoms with Gasteiger partial charge >= 0.3 is 0 Å². The summed E-state index contributed by atoms with van der Waals surface area (Å²) in [5, 5.41) is 0. The number of carbonyl (C=O) groups excluding carboxylic acids is 1. The number of rotatable bonds is 6. The maximum Gasteiger partial charge on any atom is 0.275 e. The third-order valence-corrected chi connectivity index (χ3v) is 5.02. The highest BCUT2D eigenvalue weighted by Gasteiger charge is 2.26. The summed E-state index contributed by atoms with van der Waals surface area (Å²) in [7, 11) is 1.73. The number of carbonyl (C=O) groups is 1. The Morgan fingerprint density at radius 1 is 1.17 bits per heavy atom. The molecule has 0 radical (unpaired) electrons. The summed E-state index contributed by atoms with van der Waals surface area (Å²) in [5.74, 6) is 2.88. The van der Waals surface area contributed by atoms with E-state index in [1.54, 1.807) is 30.1 Å². The van der Waals surface area contributed by atoms with Crippen LogP contribution in [0.15, 0.2) is 53.1 Å². The van der Waals surface area contributed by atoms with Gasteiger partial charge in [0, 0.05) is 19.5 Å². The minimum absolute atomic E-state index is 0.0722. The molecule has 0 aliphatic carbocycles. The van der Waals surface area contributed by atoms with E-state index in [4.69, 9.17) is 23.4 Å². The van der Waals surface area contributed by atoms with E-state index >= 15 is 0 Å². The highest BCUT2D eigenvalue weighted by molar-refractivity contribution is 5.91. The summed E-state index contributed by atoms with van der Waals surface area (Å²) in [6.45, 7) is 0.761. The fourth-order valence-corrected chi connectivity index (χ4v) is 3.53. The van der Waals surface area contributed by atoms with E-state index in [1.807, 2.05) is 24.3 Å². The number of nitrogens with zero attached hydrogens (tertiary/aromatic N) is 2. The van der Waals surface area contributed by atoms with Gasteiger partial charge in [0.15, 0.2) is 23.8 Å². The van der Waals surface area contributed by atoms with Crippen LogP contribution < -0.4 is 18.9 Å². The molecule has 0 bridgehead atoms. The topological polar surface area (TPSA) is 83.3 Å². The average molecular weight is 408 g/mol. The number of para-hydroxylation sites is 1. The molecule has 2 aliphatic rings. The molecule has 1 amide bonds. The molecule has 8 nitrogen and oxygen atoms in total. The normalized spacial score (nSPS) is 16.1. The Bertz CT molecular complexity index is 1050. The average Bonchev–Trinajstić information content (AvgIpc) is 3.49. The molecule has 2 aromatic carbocycles. The molecule has 0 spiro atoms. The molecular weight excluding hydrogens is 388 g/mol. The predicted octanol–water partition coefficient (Wildman–Crippen LogP) is 3.06. The maximum absolute atomic E-state index is 12.7. The zero-order chi connectivity index (χ0) is 20.5. The minimum Gasteiger partial charge on any atom is -0.488 e. The monoisotopic (exact) mass is 408 g/mol. The number of benzene rings is 2. The van der Waals surface area contributed by atoms with Gasteiger partial charge < -0.3 is 28.3 Å². The second-order valence-electron chi connectivity index (χ2n) is 7.17. The molecule has 1 aromatic heterocycles. The van der Waals surface area contributed by atoms with E-state index in [0.29, 0.717) is 29.7 Å². The molecule has 2 aliphatic heterocycles. The molecule has 30 heavy (non-hydrogen) atoms. The largest absolute Gasteiger partial charge is 0.488 e. The van der Waals surface area contributed by atoms with Crippen molar-refractivity contribution in [1.29, 1.82) is 0 Å². The highest BCUT2D eigenvalue weighted by Crippen LogP contribution is 2.35. The summed E-state index contributed by atoms with van der Waals surface area (Å²) in [5.41, 5.74) is 1.39. The number of oxazole rings is 1. The van der Waals surface area contributed by atoms with Crippen molar-refractivity contribution in [3.63, 3.8) is 0 Å². The van der Waals surface area contributed by atoms with Gasteiger partial charge in [-0.25, -0.2) is 4.98 Å². The third-order valence-electron chi connectivity index (χ3n) is 5.02. The van der Waals surface area contributed by atoms with Crippen LogP contribution in [0.2, 0.25) is 0 Å². The first kappa shape index (κ1) is 18.4. The first-order chi connectivity index (χ1) is 14.7. The van der Waals surface area contributed by atoms with E-state index < -0.39 is 0 Å². The van der Waals surface area contributed by atoms with Gasteiger partial charge in [0.1, 0.15) is 23.9 Å². The lowest BCUT2D eigenvalue weighted by Gasteiger charge is -2.20. The van der Waals surface area contributed by atoms with Crippen molar-refractivity contribution in [2.75, 3.05) is 20.4 Å². The first-order valence-electron chi connectivity index (χ1n) is 9.62. The number of fused-ring (bicyclic) bond motifs is 2. The lowest BCUT2D eigenvalue weighted by molar-refractivity contribution is 0.0724. The Hall–Kier alpha value is -3.68. The van der Waals surface area contributed by atoms with Gasteiger partial charge in [-0.2, -0.15) is 0 Å². The molecule has 3 heterocycles. The van der Waals surface area contributed by atoms with Crippen LogP contribution in [-0.2, 0) is 13.0 Å². The molecule has 154 valence electrons. The van der Waals surface area contributed by atoms with Gasteiger partial charge in [-0.15, -0.1) is 0 Å². The van der Waals surface area contributed by atoms with Gasteiger partial charge in [-0.3, -0.25) is 4.79 Å². The Morgan fingerprint density at radius 2 is 2.03 bits per heavy atom. The van der Waals surface area contributed by atoms with Crippen molar-refractivity contribution in [3.8, 4) is 23.0 Å². The predicted molar refractivity (Wildman–Crippen MR) is 105 cm³/mol. The Kier molecular flexibility index (Phi) is 4.66. The fraction of sp³-hybridized carbons (Fsp3) is 0.273. The van der Waals surface area contributed by atoms with Crippen LogP contribution in [0.5, 0.6) is 23.0 Å². The molecule has 5 rings (SSSR count). The SMILES string of the molecule is CN(C[C@@H]1Cc2ccccc2O1)C(=O)c1coc(COc2ccc3c(c2)OCO3)n1. The van der Waals surface area contributed by atoms with E-state index in [2.05, 4.69) is 4.98 Å². The number of aromatic nitrogens is 1. The number of amides is 1. The molecule has 0 fully saturated rings. The van der Waals surface area contributed by atoms with Crippen LogP contribution in [0.3, 0.4) is 0 Å². The standard InChI is InChI=1S/C22H20N2O6/c1-24(10-16-8-14-4-2-3-5-18(14)30-16)22(25)17-11-27-21(23-17)12-26-15-6-7-19-20(9-15)29-13-28-19/h2-7,9,11,16H,8,10,12-13H2,1H3/t16-/m0/s1.